The molecule has 5 nitrogen and oxygen atoms in total. The Kier molecular flexibility index (Phi) is 4.54. The number of para-hydroxylation sites is 1. The molecule has 1 aliphatic rings. The molecule has 1 fully saturated rings. The summed E-state index contributed by atoms with van der Waals surface area (Å²) in [6, 6.07) is 7.96. The van der Waals surface area contributed by atoms with Crippen LogP contribution in [-0.2, 0) is 4.79 Å². The first-order valence-electron chi connectivity index (χ1n) is 6.35. The van der Waals surface area contributed by atoms with Gasteiger partial charge in [0.2, 0.25) is 0 Å². The molecule has 0 aliphatic carbocycles. The molecule has 1 aliphatic heterocycles. The zero-order valence-electron chi connectivity index (χ0n) is 11.0. The van der Waals surface area contributed by atoms with Crippen LogP contribution in [0.1, 0.15) is 5.56 Å². The molecule has 1 saturated heterocycles. The van der Waals surface area contributed by atoms with Crippen molar-refractivity contribution >= 4 is 17.7 Å². The van der Waals surface area contributed by atoms with Crippen molar-refractivity contribution in [2.75, 3.05) is 38.1 Å². The van der Waals surface area contributed by atoms with Crippen LogP contribution in [0.2, 0.25) is 0 Å². The molecule has 2 N–H and O–H groups in total. The first kappa shape index (κ1) is 13.6. The van der Waals surface area contributed by atoms with Crippen LogP contribution in [-0.4, -0.2) is 49.2 Å². The average Bonchev–Trinajstić information content (AvgIpc) is 2.46. The van der Waals surface area contributed by atoms with Crippen molar-refractivity contribution < 1.29 is 10.0 Å². The maximum Gasteiger partial charge on any atom is 0.267 e. The Labute approximate surface area is 113 Å². The minimum Gasteiger partial charge on any atom is -0.368 e. The molecule has 1 aromatic rings. The number of benzene rings is 1. The van der Waals surface area contributed by atoms with E-state index in [0.29, 0.717) is 0 Å². The van der Waals surface area contributed by atoms with Crippen LogP contribution in [0.4, 0.5) is 5.69 Å². The quantitative estimate of drug-likeness (QED) is 0.483. The number of carbonyl (C=O) groups is 1. The van der Waals surface area contributed by atoms with E-state index in [2.05, 4.69) is 22.9 Å². The van der Waals surface area contributed by atoms with Crippen molar-refractivity contribution in [1.82, 2.24) is 10.4 Å². The number of hydrogen-bond donors (Lipinski definition) is 2. The van der Waals surface area contributed by atoms with Gasteiger partial charge in [0.15, 0.2) is 0 Å². The van der Waals surface area contributed by atoms with E-state index < -0.39 is 5.91 Å². The fourth-order valence-electron chi connectivity index (χ4n) is 2.17. The van der Waals surface area contributed by atoms with Gasteiger partial charge in [0, 0.05) is 37.9 Å². The number of rotatable bonds is 3. The number of hydrogen-bond acceptors (Lipinski definition) is 4. The van der Waals surface area contributed by atoms with Crippen molar-refractivity contribution in [1.29, 1.82) is 0 Å². The second-order valence-electron chi connectivity index (χ2n) is 4.66. The van der Waals surface area contributed by atoms with Gasteiger partial charge in [0.05, 0.1) is 0 Å². The normalized spacial score (nSPS) is 16.8. The van der Waals surface area contributed by atoms with Crippen LogP contribution < -0.4 is 10.4 Å². The molecule has 0 bridgehead atoms. The summed E-state index contributed by atoms with van der Waals surface area (Å²) in [6.45, 7) is 4.03. The SMILES string of the molecule is CN1CCN(c2ccccc2/C=C/C(=O)NO)CC1. The number of anilines is 1. The molecule has 0 saturated carbocycles. The molecular weight excluding hydrogens is 242 g/mol. The summed E-state index contributed by atoms with van der Waals surface area (Å²) in [5, 5.41) is 8.49. The van der Waals surface area contributed by atoms with E-state index >= 15 is 0 Å². The van der Waals surface area contributed by atoms with Gasteiger partial charge in [-0.25, -0.2) is 5.48 Å². The lowest BCUT2D eigenvalue weighted by atomic mass is 10.1. The first-order valence-corrected chi connectivity index (χ1v) is 6.35. The Morgan fingerprint density at radius 3 is 2.63 bits per heavy atom. The molecule has 1 aromatic carbocycles. The van der Waals surface area contributed by atoms with E-state index in [1.54, 1.807) is 11.6 Å². The Morgan fingerprint density at radius 1 is 1.26 bits per heavy atom. The number of hydroxylamine groups is 1. The number of nitrogens with zero attached hydrogens (tertiary/aromatic N) is 2. The zero-order chi connectivity index (χ0) is 13.7. The lowest BCUT2D eigenvalue weighted by Crippen LogP contribution is -2.44. The summed E-state index contributed by atoms with van der Waals surface area (Å²) in [5.41, 5.74) is 3.70. The molecule has 19 heavy (non-hydrogen) atoms. The van der Waals surface area contributed by atoms with Gasteiger partial charge in [-0.2, -0.15) is 0 Å². The fraction of sp³-hybridized carbons (Fsp3) is 0.357. The van der Waals surface area contributed by atoms with Crippen LogP contribution in [0.15, 0.2) is 30.3 Å². The smallest absolute Gasteiger partial charge is 0.267 e. The summed E-state index contributed by atoms with van der Waals surface area (Å²) in [6.07, 6.45) is 3.05. The Hall–Kier alpha value is -1.85. The van der Waals surface area contributed by atoms with E-state index in [-0.39, 0.29) is 0 Å². The fourth-order valence-corrected chi connectivity index (χ4v) is 2.17. The predicted molar refractivity (Wildman–Crippen MR) is 75.1 cm³/mol. The minimum atomic E-state index is -0.520. The molecule has 2 rings (SSSR count). The second kappa shape index (κ2) is 6.36. The maximum atomic E-state index is 11.0. The molecular formula is C14H19N3O2. The second-order valence-corrected chi connectivity index (χ2v) is 4.66. The summed E-state index contributed by atoms with van der Waals surface area (Å²) >= 11 is 0. The number of amides is 1. The Bertz CT molecular complexity index is 466. The van der Waals surface area contributed by atoms with Crippen LogP contribution in [0.5, 0.6) is 0 Å². The van der Waals surface area contributed by atoms with Gasteiger partial charge in [0.1, 0.15) is 0 Å². The van der Waals surface area contributed by atoms with Crippen molar-refractivity contribution in [3.05, 3.63) is 35.9 Å². The van der Waals surface area contributed by atoms with Crippen LogP contribution in [0.25, 0.3) is 6.08 Å². The van der Waals surface area contributed by atoms with Crippen LogP contribution >= 0.6 is 0 Å². The molecule has 0 radical (unpaired) electrons. The van der Waals surface area contributed by atoms with E-state index in [4.69, 9.17) is 5.21 Å². The summed E-state index contributed by atoms with van der Waals surface area (Å²) in [7, 11) is 2.12. The first-order chi connectivity index (χ1) is 9.20. The molecule has 0 spiro atoms. The van der Waals surface area contributed by atoms with Gasteiger partial charge in [-0.05, 0) is 24.8 Å². The number of likely N-dealkylation sites (N-methyl/N-ethyl adjacent to an activating group) is 1. The lowest BCUT2D eigenvalue weighted by Gasteiger charge is -2.34. The molecule has 0 atom stereocenters. The Balaban J connectivity index is 2.16. The molecule has 102 valence electrons. The minimum absolute atomic E-state index is 0.520. The predicted octanol–water partition coefficient (Wildman–Crippen LogP) is 0.957. The molecule has 1 amide bonds. The number of carbonyl (C=O) groups excluding carboxylic acids is 1. The average molecular weight is 261 g/mol. The highest BCUT2D eigenvalue weighted by atomic mass is 16.5. The van der Waals surface area contributed by atoms with Gasteiger partial charge < -0.3 is 9.80 Å². The van der Waals surface area contributed by atoms with Crippen molar-refractivity contribution in [3.8, 4) is 0 Å². The van der Waals surface area contributed by atoms with Gasteiger partial charge in [0.25, 0.3) is 5.91 Å². The van der Waals surface area contributed by atoms with Crippen LogP contribution in [0, 0.1) is 0 Å². The molecule has 0 aromatic heterocycles. The number of nitrogens with one attached hydrogen (secondary N) is 1. The summed E-state index contributed by atoms with van der Waals surface area (Å²) in [5.74, 6) is -0.520. The molecule has 5 heteroatoms. The highest BCUT2D eigenvalue weighted by Crippen LogP contribution is 2.22. The van der Waals surface area contributed by atoms with E-state index in [1.807, 2.05) is 18.2 Å². The lowest BCUT2D eigenvalue weighted by molar-refractivity contribution is -0.124. The van der Waals surface area contributed by atoms with E-state index in [9.17, 15) is 4.79 Å². The van der Waals surface area contributed by atoms with E-state index in [1.165, 1.54) is 6.08 Å². The zero-order valence-corrected chi connectivity index (χ0v) is 11.0. The molecule has 1 heterocycles. The van der Waals surface area contributed by atoms with Gasteiger partial charge in [-0.15, -0.1) is 0 Å². The maximum absolute atomic E-state index is 11.0. The standard InChI is InChI=1S/C14H19N3O2/c1-16-8-10-17(11-9-16)13-5-3-2-4-12(13)6-7-14(18)15-19/h2-7,19H,8-11H2,1H3,(H,15,18)/b7-6+. The third kappa shape index (κ3) is 3.56. The number of piperazine rings is 1. The van der Waals surface area contributed by atoms with Gasteiger partial charge in [-0.3, -0.25) is 10.0 Å². The summed E-state index contributed by atoms with van der Waals surface area (Å²) < 4.78 is 0. The van der Waals surface area contributed by atoms with Gasteiger partial charge in [-0.1, -0.05) is 18.2 Å². The van der Waals surface area contributed by atoms with Crippen molar-refractivity contribution in [3.63, 3.8) is 0 Å². The summed E-state index contributed by atoms with van der Waals surface area (Å²) in [4.78, 5) is 15.7. The Morgan fingerprint density at radius 2 is 1.95 bits per heavy atom. The van der Waals surface area contributed by atoms with Gasteiger partial charge >= 0.3 is 0 Å². The third-order valence-corrected chi connectivity index (χ3v) is 3.31. The van der Waals surface area contributed by atoms with Crippen molar-refractivity contribution in [2.24, 2.45) is 0 Å². The van der Waals surface area contributed by atoms with Crippen LogP contribution in [0.3, 0.4) is 0 Å². The monoisotopic (exact) mass is 261 g/mol. The highest BCUT2D eigenvalue weighted by Gasteiger charge is 2.15. The topological polar surface area (TPSA) is 55.8 Å². The highest BCUT2D eigenvalue weighted by molar-refractivity contribution is 5.91. The molecule has 0 unspecified atom stereocenters. The van der Waals surface area contributed by atoms with Crippen molar-refractivity contribution in [2.45, 2.75) is 0 Å². The largest absolute Gasteiger partial charge is 0.368 e. The third-order valence-electron chi connectivity index (χ3n) is 3.31. The van der Waals surface area contributed by atoms with E-state index in [0.717, 1.165) is 37.4 Å².